The average Bonchev–Trinajstić information content (AvgIpc) is 2.41. The predicted molar refractivity (Wildman–Crippen MR) is 66.2 cm³/mol. The third-order valence-electron chi connectivity index (χ3n) is 1.71. The SMILES string of the molecule is O=C(CCl)OCC(O)COCC(O)COC(=O)CCl. The Labute approximate surface area is 120 Å². The van der Waals surface area contributed by atoms with Crippen LogP contribution in [0.15, 0.2) is 0 Å². The topological polar surface area (TPSA) is 102 Å². The fraction of sp³-hybridized carbons (Fsp3) is 0.800. The summed E-state index contributed by atoms with van der Waals surface area (Å²) in [6, 6.07) is 0. The third-order valence-corrected chi connectivity index (χ3v) is 2.15. The molecule has 0 saturated heterocycles. The number of carbonyl (C=O) groups excluding carboxylic acids is 2. The number of ether oxygens (including phenoxy) is 3. The smallest absolute Gasteiger partial charge is 0.320 e. The van der Waals surface area contributed by atoms with Gasteiger partial charge in [-0.05, 0) is 0 Å². The number of halogens is 2. The second-order valence-corrected chi connectivity index (χ2v) is 4.01. The van der Waals surface area contributed by atoms with E-state index < -0.39 is 24.1 Å². The van der Waals surface area contributed by atoms with E-state index in [0.717, 1.165) is 0 Å². The summed E-state index contributed by atoms with van der Waals surface area (Å²) in [6.45, 7) is -0.780. The van der Waals surface area contributed by atoms with Crippen molar-refractivity contribution in [2.45, 2.75) is 12.2 Å². The van der Waals surface area contributed by atoms with Crippen LogP contribution in [-0.2, 0) is 23.8 Å². The van der Waals surface area contributed by atoms with E-state index in [1.54, 1.807) is 0 Å². The van der Waals surface area contributed by atoms with E-state index in [0.29, 0.717) is 0 Å². The minimum absolute atomic E-state index is 0.143. The molecule has 0 radical (unpaired) electrons. The van der Waals surface area contributed by atoms with E-state index in [9.17, 15) is 19.8 Å². The zero-order chi connectivity index (χ0) is 14.7. The lowest BCUT2D eigenvalue weighted by atomic mass is 10.4. The molecule has 0 aliphatic rings. The molecule has 0 aliphatic heterocycles. The molecule has 0 rings (SSSR count). The van der Waals surface area contributed by atoms with Crippen molar-refractivity contribution in [1.82, 2.24) is 0 Å². The van der Waals surface area contributed by atoms with Gasteiger partial charge in [0.25, 0.3) is 0 Å². The van der Waals surface area contributed by atoms with Crippen LogP contribution in [0, 0.1) is 0 Å². The third kappa shape index (κ3) is 11.0. The van der Waals surface area contributed by atoms with Gasteiger partial charge in [0, 0.05) is 0 Å². The van der Waals surface area contributed by atoms with Gasteiger partial charge in [-0.3, -0.25) is 9.59 Å². The molecule has 0 fully saturated rings. The molecule has 7 nitrogen and oxygen atoms in total. The summed E-state index contributed by atoms with van der Waals surface area (Å²) in [5.41, 5.74) is 0. The highest BCUT2D eigenvalue weighted by Crippen LogP contribution is 1.94. The molecule has 0 saturated carbocycles. The van der Waals surface area contributed by atoms with E-state index in [4.69, 9.17) is 27.9 Å². The predicted octanol–water partition coefficient (Wildman–Crippen LogP) is -0.711. The number of aliphatic hydroxyl groups excluding tert-OH is 2. The maximum Gasteiger partial charge on any atom is 0.320 e. The minimum atomic E-state index is -1.02. The largest absolute Gasteiger partial charge is 0.462 e. The molecule has 0 aliphatic carbocycles. The summed E-state index contributed by atoms with van der Waals surface area (Å²) in [6.07, 6.45) is -2.05. The quantitative estimate of drug-likeness (QED) is 0.405. The highest BCUT2D eigenvalue weighted by molar-refractivity contribution is 6.26. The Morgan fingerprint density at radius 1 is 0.842 bits per heavy atom. The summed E-state index contributed by atoms with van der Waals surface area (Å²) < 4.78 is 14.1. The number of esters is 2. The number of hydrogen-bond acceptors (Lipinski definition) is 7. The van der Waals surface area contributed by atoms with Crippen LogP contribution in [0.1, 0.15) is 0 Å². The molecule has 9 heteroatoms. The van der Waals surface area contributed by atoms with Crippen LogP contribution in [0.25, 0.3) is 0 Å². The van der Waals surface area contributed by atoms with Crippen molar-refractivity contribution in [3.63, 3.8) is 0 Å². The second kappa shape index (κ2) is 11.2. The van der Waals surface area contributed by atoms with Gasteiger partial charge in [-0.1, -0.05) is 0 Å². The first kappa shape index (κ1) is 18.4. The molecule has 0 spiro atoms. The monoisotopic (exact) mass is 318 g/mol. The van der Waals surface area contributed by atoms with Crippen molar-refractivity contribution in [3.8, 4) is 0 Å². The van der Waals surface area contributed by atoms with Crippen LogP contribution in [-0.4, -0.2) is 72.5 Å². The van der Waals surface area contributed by atoms with Gasteiger partial charge < -0.3 is 24.4 Å². The molecule has 0 bridgehead atoms. The van der Waals surface area contributed by atoms with Gasteiger partial charge in [-0.25, -0.2) is 0 Å². The molecule has 2 N–H and O–H groups in total. The molecule has 112 valence electrons. The standard InChI is InChI=1S/C10H16Cl2O7/c11-1-9(15)18-5-7(13)3-17-4-8(14)6-19-10(16)2-12/h7-8,13-14H,1-6H2. The Hall–Kier alpha value is -0.600. The van der Waals surface area contributed by atoms with Gasteiger partial charge in [0.05, 0.1) is 13.2 Å². The summed E-state index contributed by atoms with van der Waals surface area (Å²) in [5.74, 6) is -1.88. The first-order valence-corrected chi connectivity index (χ1v) is 6.43. The first-order chi connectivity index (χ1) is 8.99. The summed E-state index contributed by atoms with van der Waals surface area (Å²) in [4.78, 5) is 21.3. The van der Waals surface area contributed by atoms with E-state index in [2.05, 4.69) is 9.47 Å². The van der Waals surface area contributed by atoms with Gasteiger partial charge in [-0.2, -0.15) is 0 Å². The number of rotatable bonds is 10. The lowest BCUT2D eigenvalue weighted by Gasteiger charge is -2.14. The maximum atomic E-state index is 10.7. The Kier molecular flexibility index (Phi) is 10.9. The molecule has 0 aromatic rings. The van der Waals surface area contributed by atoms with Crippen LogP contribution >= 0.6 is 23.2 Å². The van der Waals surface area contributed by atoms with Crippen LogP contribution < -0.4 is 0 Å². The fourth-order valence-electron chi connectivity index (χ4n) is 0.892. The first-order valence-electron chi connectivity index (χ1n) is 5.36. The highest BCUT2D eigenvalue weighted by atomic mass is 35.5. The van der Waals surface area contributed by atoms with E-state index in [-0.39, 0.29) is 38.2 Å². The molecular weight excluding hydrogens is 303 g/mol. The van der Waals surface area contributed by atoms with E-state index >= 15 is 0 Å². The Balaban J connectivity index is 3.55. The van der Waals surface area contributed by atoms with Crippen molar-refractivity contribution in [2.24, 2.45) is 0 Å². The van der Waals surface area contributed by atoms with Crippen LogP contribution in [0.3, 0.4) is 0 Å². The zero-order valence-electron chi connectivity index (χ0n) is 10.1. The van der Waals surface area contributed by atoms with Crippen molar-refractivity contribution >= 4 is 35.1 Å². The van der Waals surface area contributed by atoms with Crippen LogP contribution in [0.2, 0.25) is 0 Å². The van der Waals surface area contributed by atoms with Gasteiger partial charge in [0.15, 0.2) is 0 Å². The molecule has 0 aromatic heterocycles. The highest BCUT2D eigenvalue weighted by Gasteiger charge is 2.11. The average molecular weight is 319 g/mol. The lowest BCUT2D eigenvalue weighted by Crippen LogP contribution is -2.29. The Morgan fingerprint density at radius 3 is 1.53 bits per heavy atom. The van der Waals surface area contributed by atoms with E-state index in [1.165, 1.54) is 0 Å². The normalized spacial score (nSPS) is 13.7. The molecular formula is C10H16Cl2O7. The van der Waals surface area contributed by atoms with Gasteiger partial charge in [0.1, 0.15) is 37.2 Å². The molecule has 2 unspecified atom stereocenters. The van der Waals surface area contributed by atoms with Crippen molar-refractivity contribution in [3.05, 3.63) is 0 Å². The van der Waals surface area contributed by atoms with Crippen LogP contribution in [0.4, 0.5) is 0 Å². The van der Waals surface area contributed by atoms with Gasteiger partial charge in [-0.15, -0.1) is 23.2 Å². The van der Waals surface area contributed by atoms with Crippen molar-refractivity contribution in [2.75, 3.05) is 38.2 Å². The zero-order valence-corrected chi connectivity index (χ0v) is 11.6. The number of aliphatic hydroxyl groups is 2. The van der Waals surface area contributed by atoms with Gasteiger partial charge in [0.2, 0.25) is 0 Å². The summed E-state index contributed by atoms with van der Waals surface area (Å²) in [5, 5.41) is 18.7. The van der Waals surface area contributed by atoms with Crippen molar-refractivity contribution < 1.29 is 34.0 Å². The van der Waals surface area contributed by atoms with Gasteiger partial charge >= 0.3 is 11.9 Å². The summed E-state index contributed by atoms with van der Waals surface area (Å²) >= 11 is 10.4. The fourth-order valence-corrected chi connectivity index (χ4v) is 1.05. The molecule has 19 heavy (non-hydrogen) atoms. The lowest BCUT2D eigenvalue weighted by molar-refractivity contribution is -0.146. The molecule has 0 amide bonds. The van der Waals surface area contributed by atoms with Crippen molar-refractivity contribution in [1.29, 1.82) is 0 Å². The minimum Gasteiger partial charge on any atom is -0.462 e. The Bertz CT molecular complexity index is 249. The second-order valence-electron chi connectivity index (χ2n) is 3.48. The maximum absolute atomic E-state index is 10.7. The number of alkyl halides is 2. The molecule has 0 aromatic carbocycles. The summed E-state index contributed by atoms with van der Waals surface area (Å²) in [7, 11) is 0. The molecule has 2 atom stereocenters. The Morgan fingerprint density at radius 2 is 1.21 bits per heavy atom. The van der Waals surface area contributed by atoms with Crippen LogP contribution in [0.5, 0.6) is 0 Å². The molecule has 0 heterocycles. The number of hydrogen-bond donors (Lipinski definition) is 2. The van der Waals surface area contributed by atoms with E-state index in [1.807, 2.05) is 0 Å². The number of carbonyl (C=O) groups is 2.